The fourth-order valence-corrected chi connectivity index (χ4v) is 6.56. The first-order chi connectivity index (χ1) is 17.8. The Balaban J connectivity index is 1.18. The molecule has 2 aliphatic carbocycles. The average molecular weight is 535 g/mol. The Morgan fingerprint density at radius 1 is 0.784 bits per heavy atom. The van der Waals surface area contributed by atoms with E-state index in [1.54, 1.807) is 12.1 Å². The van der Waals surface area contributed by atoms with Crippen LogP contribution in [0, 0.1) is 23.6 Å². The van der Waals surface area contributed by atoms with Crippen molar-refractivity contribution < 1.29 is 17.9 Å². The zero-order valence-corrected chi connectivity index (χ0v) is 22.9. The third-order valence-electron chi connectivity index (χ3n) is 8.87. The summed E-state index contributed by atoms with van der Waals surface area (Å²) in [5.74, 6) is 2.42. The fourth-order valence-electron chi connectivity index (χ4n) is 6.44. The van der Waals surface area contributed by atoms with Crippen LogP contribution in [0.3, 0.4) is 0 Å². The highest BCUT2D eigenvalue weighted by Gasteiger charge is 2.35. The maximum atomic E-state index is 14.5. The van der Waals surface area contributed by atoms with E-state index >= 15 is 0 Å². The number of ether oxygens (including phenoxy) is 1. The zero-order chi connectivity index (χ0) is 26.3. The van der Waals surface area contributed by atoms with Crippen molar-refractivity contribution in [3.05, 3.63) is 64.4 Å². The second-order valence-corrected chi connectivity index (χ2v) is 11.9. The summed E-state index contributed by atoms with van der Waals surface area (Å²) in [6, 6.07) is 9.91. The monoisotopic (exact) mass is 534 g/mol. The van der Waals surface area contributed by atoms with Crippen molar-refractivity contribution >= 4 is 11.6 Å². The van der Waals surface area contributed by atoms with Crippen LogP contribution in [0.4, 0.5) is 13.2 Å². The van der Waals surface area contributed by atoms with Crippen LogP contribution < -0.4 is 4.74 Å². The summed E-state index contributed by atoms with van der Waals surface area (Å²) in [5.41, 5.74) is 0.630. The summed E-state index contributed by atoms with van der Waals surface area (Å²) < 4.78 is 47.6. The normalized spacial score (nSPS) is 24.7. The van der Waals surface area contributed by atoms with Gasteiger partial charge in [0, 0.05) is 0 Å². The molecule has 2 aliphatic rings. The fraction of sp³-hybridized carbons (Fsp3) is 0.625. The molecule has 0 bridgehead atoms. The third kappa shape index (κ3) is 8.15. The van der Waals surface area contributed by atoms with Crippen LogP contribution in [0.2, 0.25) is 5.02 Å². The topological polar surface area (TPSA) is 9.23 Å². The molecule has 0 aromatic heterocycles. The summed E-state index contributed by atoms with van der Waals surface area (Å²) in [7, 11) is 0. The molecule has 2 saturated carbocycles. The standard InChI is InChI=1S/C32H42ClF3O/c1-2-3-4-5-23-6-8-24(9-7-23)10-11-25-12-14-26(15-13-25)27-16-19-29(20-17-27)37-32(35,36)28-18-21-30(33)31(34)22-28/h16-26H,2-15H2,1H3. The summed E-state index contributed by atoms with van der Waals surface area (Å²) in [6.45, 7) is 2.29. The Hall–Kier alpha value is -1.68. The molecule has 0 atom stereocenters. The van der Waals surface area contributed by atoms with Crippen LogP contribution in [0.15, 0.2) is 42.5 Å². The van der Waals surface area contributed by atoms with Gasteiger partial charge >= 0.3 is 6.11 Å². The maximum absolute atomic E-state index is 14.5. The first-order valence-electron chi connectivity index (χ1n) is 14.5. The second-order valence-electron chi connectivity index (χ2n) is 11.5. The minimum atomic E-state index is -3.64. The number of hydrogen-bond acceptors (Lipinski definition) is 1. The lowest BCUT2D eigenvalue weighted by atomic mass is 9.74. The van der Waals surface area contributed by atoms with E-state index in [9.17, 15) is 13.2 Å². The SMILES string of the molecule is CCCCCC1CCC(CCC2CCC(c3ccc(OC(F)(F)c4ccc(Cl)c(F)c4)cc3)CC2)CC1. The van der Waals surface area contributed by atoms with E-state index in [0.29, 0.717) is 5.92 Å². The first kappa shape index (κ1) is 28.3. The second kappa shape index (κ2) is 13.4. The molecule has 0 spiro atoms. The van der Waals surface area contributed by atoms with E-state index in [-0.39, 0.29) is 10.8 Å². The van der Waals surface area contributed by atoms with Gasteiger partial charge in [0.05, 0.1) is 10.6 Å². The van der Waals surface area contributed by atoms with Crippen LogP contribution in [-0.4, -0.2) is 0 Å². The van der Waals surface area contributed by atoms with Crippen LogP contribution in [0.1, 0.15) is 114 Å². The van der Waals surface area contributed by atoms with E-state index in [1.165, 1.54) is 82.6 Å². The van der Waals surface area contributed by atoms with Crippen molar-refractivity contribution in [3.8, 4) is 5.75 Å². The van der Waals surface area contributed by atoms with Gasteiger partial charge in [-0.05, 0) is 85.3 Å². The molecule has 0 N–H and O–H groups in total. The Kier molecular flexibility index (Phi) is 10.3. The lowest BCUT2D eigenvalue weighted by Gasteiger charge is -2.32. The molecule has 0 heterocycles. The minimum absolute atomic E-state index is 0.0675. The molecule has 1 nitrogen and oxygen atoms in total. The largest absolute Gasteiger partial charge is 0.429 e. The smallest absolute Gasteiger partial charge is 0.426 e. The molecule has 2 aromatic carbocycles. The van der Waals surface area contributed by atoms with Crippen molar-refractivity contribution in [2.24, 2.45) is 17.8 Å². The highest BCUT2D eigenvalue weighted by Crippen LogP contribution is 2.41. The predicted octanol–water partition coefficient (Wildman–Crippen LogP) is 11.0. The van der Waals surface area contributed by atoms with Gasteiger partial charge < -0.3 is 4.74 Å². The van der Waals surface area contributed by atoms with E-state index in [2.05, 4.69) is 6.92 Å². The highest BCUT2D eigenvalue weighted by atomic mass is 35.5. The van der Waals surface area contributed by atoms with Crippen molar-refractivity contribution in [1.82, 2.24) is 0 Å². The molecule has 4 rings (SSSR count). The van der Waals surface area contributed by atoms with Gasteiger partial charge in [-0.15, -0.1) is 0 Å². The van der Waals surface area contributed by atoms with Gasteiger partial charge in [0.1, 0.15) is 11.6 Å². The maximum Gasteiger partial charge on any atom is 0.426 e. The molecular formula is C32H42ClF3O. The summed E-state index contributed by atoms with van der Waals surface area (Å²) in [6.07, 6.45) is 15.3. The molecular weight excluding hydrogens is 493 g/mol. The molecule has 2 aromatic rings. The lowest BCUT2D eigenvalue weighted by molar-refractivity contribution is -0.185. The predicted molar refractivity (Wildman–Crippen MR) is 146 cm³/mol. The summed E-state index contributed by atoms with van der Waals surface area (Å²) >= 11 is 5.61. The number of unbranched alkanes of at least 4 members (excludes halogenated alkanes) is 2. The van der Waals surface area contributed by atoms with Crippen molar-refractivity contribution in [3.63, 3.8) is 0 Å². The van der Waals surface area contributed by atoms with Crippen LogP contribution in [-0.2, 0) is 6.11 Å². The third-order valence-corrected chi connectivity index (χ3v) is 9.17. The van der Waals surface area contributed by atoms with Gasteiger partial charge in [-0.25, -0.2) is 4.39 Å². The number of rotatable bonds is 11. The van der Waals surface area contributed by atoms with E-state index < -0.39 is 17.5 Å². The van der Waals surface area contributed by atoms with Gasteiger partial charge in [-0.3, -0.25) is 0 Å². The van der Waals surface area contributed by atoms with Crippen molar-refractivity contribution in [2.45, 2.75) is 109 Å². The Morgan fingerprint density at radius 3 is 1.92 bits per heavy atom. The summed E-state index contributed by atoms with van der Waals surface area (Å²) in [5, 5.41) is -0.195. The quantitative estimate of drug-likeness (QED) is 0.260. The molecule has 37 heavy (non-hydrogen) atoms. The molecule has 0 unspecified atom stereocenters. The Morgan fingerprint density at radius 2 is 1.35 bits per heavy atom. The number of halogens is 4. The van der Waals surface area contributed by atoms with E-state index in [4.69, 9.17) is 16.3 Å². The highest BCUT2D eigenvalue weighted by molar-refractivity contribution is 6.30. The van der Waals surface area contributed by atoms with Crippen LogP contribution in [0.5, 0.6) is 5.75 Å². The molecule has 5 heteroatoms. The van der Waals surface area contributed by atoms with Crippen LogP contribution in [0.25, 0.3) is 0 Å². The van der Waals surface area contributed by atoms with Gasteiger partial charge in [0.25, 0.3) is 0 Å². The molecule has 2 fully saturated rings. The van der Waals surface area contributed by atoms with E-state index in [1.807, 2.05) is 12.1 Å². The first-order valence-corrected chi connectivity index (χ1v) is 14.8. The van der Waals surface area contributed by atoms with Gasteiger partial charge in [-0.1, -0.05) is 94.9 Å². The average Bonchev–Trinajstić information content (AvgIpc) is 2.90. The molecule has 0 amide bonds. The Bertz CT molecular complexity index is 960. The number of alkyl halides is 2. The van der Waals surface area contributed by atoms with Crippen molar-refractivity contribution in [1.29, 1.82) is 0 Å². The number of hydrogen-bond donors (Lipinski definition) is 0. The number of benzene rings is 2. The molecule has 0 aliphatic heterocycles. The van der Waals surface area contributed by atoms with Crippen LogP contribution >= 0.6 is 11.6 Å². The molecule has 0 saturated heterocycles. The van der Waals surface area contributed by atoms with Crippen molar-refractivity contribution in [2.75, 3.05) is 0 Å². The molecule has 0 radical (unpaired) electrons. The summed E-state index contributed by atoms with van der Waals surface area (Å²) in [4.78, 5) is 0. The van der Waals surface area contributed by atoms with Gasteiger partial charge in [0.2, 0.25) is 0 Å². The Labute approximate surface area is 226 Å². The minimum Gasteiger partial charge on any atom is -0.429 e. The van der Waals surface area contributed by atoms with E-state index in [0.717, 1.165) is 48.8 Å². The van der Waals surface area contributed by atoms with Gasteiger partial charge in [-0.2, -0.15) is 8.78 Å². The van der Waals surface area contributed by atoms with Gasteiger partial charge in [0.15, 0.2) is 0 Å². The zero-order valence-electron chi connectivity index (χ0n) is 22.2. The lowest BCUT2D eigenvalue weighted by Crippen LogP contribution is -2.22. The molecule has 204 valence electrons.